The van der Waals surface area contributed by atoms with Gasteiger partial charge < -0.3 is 24.4 Å². The van der Waals surface area contributed by atoms with E-state index in [1.807, 2.05) is 0 Å². The Kier molecular flexibility index (Phi) is 4.84. The van der Waals surface area contributed by atoms with Crippen LogP contribution in [0, 0.1) is 17.8 Å². The first-order valence-electron chi connectivity index (χ1n) is 5.50. The van der Waals surface area contributed by atoms with Crippen molar-refractivity contribution in [2.24, 2.45) is 17.8 Å². The maximum Gasteiger partial charge on any atom is 0.312 e. The largest absolute Gasteiger partial charge is 0.469 e. The fraction of sp³-hybridized carbons (Fsp3) is 0.727. The molecular formula is C11H16O8. The number of carbonyl (C=O) groups is 3. The van der Waals surface area contributed by atoms with Crippen LogP contribution in [0.25, 0.3) is 0 Å². The van der Waals surface area contributed by atoms with Crippen LogP contribution in [0.4, 0.5) is 0 Å². The van der Waals surface area contributed by atoms with Gasteiger partial charge in [0.2, 0.25) is 0 Å². The van der Waals surface area contributed by atoms with Crippen LogP contribution in [0.2, 0.25) is 0 Å². The van der Waals surface area contributed by atoms with E-state index < -0.39 is 47.9 Å². The van der Waals surface area contributed by atoms with Crippen LogP contribution >= 0.6 is 0 Å². The molecule has 8 heteroatoms. The predicted molar refractivity (Wildman–Crippen MR) is 58.5 cm³/mol. The van der Waals surface area contributed by atoms with Gasteiger partial charge >= 0.3 is 17.9 Å². The lowest BCUT2D eigenvalue weighted by molar-refractivity contribution is -0.163. The summed E-state index contributed by atoms with van der Waals surface area (Å²) in [7, 11) is 3.21. The minimum atomic E-state index is -1.61. The number of ether oxygens (including phenoxy) is 3. The monoisotopic (exact) mass is 276 g/mol. The van der Waals surface area contributed by atoms with Crippen molar-refractivity contribution < 1.29 is 38.8 Å². The van der Waals surface area contributed by atoms with Gasteiger partial charge in [0.05, 0.1) is 51.3 Å². The minimum absolute atomic E-state index is 0.901. The average Bonchev–Trinajstić information content (AvgIpc) is 2.69. The van der Waals surface area contributed by atoms with Crippen LogP contribution in [-0.4, -0.2) is 61.7 Å². The van der Waals surface area contributed by atoms with E-state index in [-0.39, 0.29) is 0 Å². The summed E-state index contributed by atoms with van der Waals surface area (Å²) in [5.41, 5.74) is 0. The first-order valence-corrected chi connectivity index (χ1v) is 5.50. The van der Waals surface area contributed by atoms with Crippen LogP contribution in [0.1, 0.15) is 0 Å². The molecule has 1 saturated carbocycles. The first kappa shape index (κ1) is 15.4. The van der Waals surface area contributed by atoms with Crippen LogP contribution in [0.15, 0.2) is 0 Å². The van der Waals surface area contributed by atoms with Crippen molar-refractivity contribution in [1.82, 2.24) is 0 Å². The normalized spacial score (nSPS) is 33.6. The SMILES string of the molecule is COC(=O)C1C(O)C(O)C(C(=O)OC)C1C(=O)OC. The Labute approximate surface area is 109 Å². The topological polar surface area (TPSA) is 119 Å². The lowest BCUT2D eigenvalue weighted by Gasteiger charge is -2.19. The molecule has 1 aliphatic carbocycles. The summed E-state index contributed by atoms with van der Waals surface area (Å²) in [6, 6.07) is 0. The van der Waals surface area contributed by atoms with Gasteiger partial charge in [0.1, 0.15) is 0 Å². The van der Waals surface area contributed by atoms with Crippen LogP contribution < -0.4 is 0 Å². The molecule has 0 aromatic carbocycles. The van der Waals surface area contributed by atoms with Crippen molar-refractivity contribution in [2.75, 3.05) is 21.3 Å². The van der Waals surface area contributed by atoms with Crippen molar-refractivity contribution >= 4 is 17.9 Å². The van der Waals surface area contributed by atoms with Gasteiger partial charge in [-0.05, 0) is 0 Å². The lowest BCUT2D eigenvalue weighted by atomic mass is 9.88. The number of esters is 3. The van der Waals surface area contributed by atoms with Crippen LogP contribution in [0.3, 0.4) is 0 Å². The molecule has 4 unspecified atom stereocenters. The lowest BCUT2D eigenvalue weighted by Crippen LogP contribution is -2.37. The highest BCUT2D eigenvalue weighted by molar-refractivity contribution is 5.89. The zero-order chi connectivity index (χ0) is 14.7. The molecule has 0 heterocycles. The number of methoxy groups -OCH3 is 3. The molecule has 0 spiro atoms. The molecular weight excluding hydrogens is 260 g/mol. The van der Waals surface area contributed by atoms with Gasteiger partial charge in [-0.15, -0.1) is 0 Å². The summed E-state index contributed by atoms with van der Waals surface area (Å²) in [4.78, 5) is 34.9. The smallest absolute Gasteiger partial charge is 0.312 e. The van der Waals surface area contributed by atoms with Gasteiger partial charge in [-0.2, -0.15) is 0 Å². The quantitative estimate of drug-likeness (QED) is 0.452. The highest BCUT2D eigenvalue weighted by atomic mass is 16.5. The summed E-state index contributed by atoms with van der Waals surface area (Å²) < 4.78 is 13.4. The van der Waals surface area contributed by atoms with Crippen molar-refractivity contribution in [3.8, 4) is 0 Å². The van der Waals surface area contributed by atoms with Gasteiger partial charge in [0, 0.05) is 0 Å². The Morgan fingerprint density at radius 3 is 1.21 bits per heavy atom. The Balaban J connectivity index is 3.20. The van der Waals surface area contributed by atoms with E-state index in [0.717, 1.165) is 21.3 Å². The van der Waals surface area contributed by atoms with E-state index in [9.17, 15) is 24.6 Å². The Morgan fingerprint density at radius 1 is 0.684 bits per heavy atom. The molecule has 1 aliphatic rings. The molecule has 0 aromatic rings. The van der Waals surface area contributed by atoms with E-state index in [1.54, 1.807) is 0 Å². The molecule has 1 fully saturated rings. The minimum Gasteiger partial charge on any atom is -0.469 e. The molecule has 0 aromatic heterocycles. The third-order valence-corrected chi connectivity index (χ3v) is 3.28. The van der Waals surface area contributed by atoms with Crippen LogP contribution in [-0.2, 0) is 28.6 Å². The molecule has 0 saturated heterocycles. The Hall–Kier alpha value is -1.67. The fourth-order valence-corrected chi connectivity index (χ4v) is 2.35. The molecule has 4 atom stereocenters. The van der Waals surface area contributed by atoms with E-state index in [1.165, 1.54) is 0 Å². The van der Waals surface area contributed by atoms with E-state index >= 15 is 0 Å². The van der Waals surface area contributed by atoms with Gasteiger partial charge in [-0.3, -0.25) is 14.4 Å². The van der Waals surface area contributed by atoms with Crippen molar-refractivity contribution in [2.45, 2.75) is 12.2 Å². The van der Waals surface area contributed by atoms with Gasteiger partial charge in [-0.1, -0.05) is 0 Å². The number of rotatable bonds is 3. The number of carbonyl (C=O) groups excluding carboxylic acids is 3. The molecule has 1 rings (SSSR count). The van der Waals surface area contributed by atoms with Crippen LogP contribution in [0.5, 0.6) is 0 Å². The van der Waals surface area contributed by atoms with E-state index in [4.69, 9.17) is 0 Å². The summed E-state index contributed by atoms with van der Waals surface area (Å²) in [5.74, 6) is -6.83. The average molecular weight is 276 g/mol. The van der Waals surface area contributed by atoms with Crippen molar-refractivity contribution in [3.05, 3.63) is 0 Å². The zero-order valence-electron chi connectivity index (χ0n) is 10.7. The molecule has 0 aliphatic heterocycles. The summed E-state index contributed by atoms with van der Waals surface area (Å²) in [6.45, 7) is 0. The zero-order valence-corrected chi connectivity index (χ0v) is 10.7. The van der Waals surface area contributed by atoms with Gasteiger partial charge in [0.15, 0.2) is 0 Å². The third-order valence-electron chi connectivity index (χ3n) is 3.28. The number of aliphatic hydroxyl groups excluding tert-OH is 2. The standard InChI is InChI=1S/C11H16O8/c1-17-9(14)4-5(10(15)18-2)7(12)8(13)6(4)11(16)19-3/h4-8,12-13H,1-3H3. The Morgan fingerprint density at radius 2 is 0.947 bits per heavy atom. The second kappa shape index (κ2) is 5.98. The summed E-state index contributed by atoms with van der Waals surface area (Å²) in [6.07, 6.45) is -3.22. The second-order valence-electron chi connectivity index (χ2n) is 4.13. The number of aliphatic hydroxyl groups is 2. The maximum absolute atomic E-state index is 11.7. The molecule has 19 heavy (non-hydrogen) atoms. The van der Waals surface area contributed by atoms with Crippen molar-refractivity contribution in [3.63, 3.8) is 0 Å². The summed E-state index contributed by atoms with van der Waals surface area (Å²) in [5, 5.41) is 19.6. The molecule has 8 nitrogen and oxygen atoms in total. The van der Waals surface area contributed by atoms with Crippen molar-refractivity contribution in [1.29, 1.82) is 0 Å². The molecule has 0 amide bonds. The third kappa shape index (κ3) is 2.54. The highest BCUT2D eigenvalue weighted by Gasteiger charge is 2.60. The molecule has 108 valence electrons. The first-order chi connectivity index (χ1) is 8.90. The molecule has 2 N–H and O–H groups in total. The Bertz CT molecular complexity index is 351. The van der Waals surface area contributed by atoms with E-state index in [2.05, 4.69) is 14.2 Å². The highest BCUT2D eigenvalue weighted by Crippen LogP contribution is 2.40. The molecule has 0 bridgehead atoms. The van der Waals surface area contributed by atoms with Gasteiger partial charge in [0.25, 0.3) is 0 Å². The van der Waals surface area contributed by atoms with Gasteiger partial charge in [-0.25, -0.2) is 0 Å². The predicted octanol–water partition coefficient (Wildman–Crippen LogP) is -1.91. The maximum atomic E-state index is 11.7. The number of hydrogen-bond acceptors (Lipinski definition) is 8. The second-order valence-corrected chi connectivity index (χ2v) is 4.13. The number of hydrogen-bond donors (Lipinski definition) is 2. The summed E-state index contributed by atoms with van der Waals surface area (Å²) >= 11 is 0. The molecule has 0 radical (unpaired) electrons. The fourth-order valence-electron chi connectivity index (χ4n) is 2.35. The van der Waals surface area contributed by atoms with E-state index in [0.29, 0.717) is 0 Å².